The largest absolute Gasteiger partial charge is 0.369 e. The molecule has 0 bridgehead atoms. The smallest absolute Gasteiger partial charge is 0.350 e. The SMILES string of the molecule is [C-]#[N+]CCN(CC)C(CNC(C)=O)C1CCN(c2c(F)cc3c(=O)n(N)c(=O)n(C4CC4)c3c2C)C1. The molecule has 1 saturated carbocycles. The van der Waals surface area contributed by atoms with Crippen LogP contribution in [-0.2, 0) is 4.79 Å². The van der Waals surface area contributed by atoms with Gasteiger partial charge in [0.2, 0.25) is 12.5 Å². The molecule has 2 atom stereocenters. The number of hydrogen-bond donors (Lipinski definition) is 2. The molecule has 2 aromatic rings. The topological polar surface area (TPSA) is 110 Å². The summed E-state index contributed by atoms with van der Waals surface area (Å²) >= 11 is 0. The summed E-state index contributed by atoms with van der Waals surface area (Å²) in [6, 6.07) is 1.17. The third-order valence-electron chi connectivity index (χ3n) is 7.50. The van der Waals surface area contributed by atoms with Crippen molar-refractivity contribution in [2.24, 2.45) is 5.92 Å². The number of nitrogen functional groups attached to an aromatic ring is 1. The van der Waals surface area contributed by atoms with Crippen LogP contribution in [0.1, 0.15) is 44.7 Å². The lowest BCUT2D eigenvalue weighted by Gasteiger charge is -2.34. The molecule has 11 heteroatoms. The lowest BCUT2D eigenvalue weighted by molar-refractivity contribution is -0.119. The van der Waals surface area contributed by atoms with E-state index in [1.54, 1.807) is 11.5 Å². The van der Waals surface area contributed by atoms with Gasteiger partial charge in [0.15, 0.2) is 0 Å². The van der Waals surface area contributed by atoms with E-state index in [0.29, 0.717) is 54.2 Å². The van der Waals surface area contributed by atoms with Crippen LogP contribution in [0.25, 0.3) is 15.7 Å². The van der Waals surface area contributed by atoms with E-state index in [1.165, 1.54) is 13.0 Å². The molecule has 0 radical (unpaired) electrons. The second-order valence-corrected chi connectivity index (χ2v) is 9.80. The summed E-state index contributed by atoms with van der Waals surface area (Å²) in [5.41, 5.74) is 0.134. The lowest BCUT2D eigenvalue weighted by Crippen LogP contribution is -2.49. The number of hydrogen-bond acceptors (Lipinski definition) is 6. The first kappa shape index (κ1) is 25.7. The number of likely N-dealkylation sites (N-methyl/N-ethyl adjacent to an activating group) is 1. The standard InChI is InChI=1S/C25H34FN7O3/c1-5-30(11-9-28-4)21(13-29-16(3)34)17-8-10-31(14-17)23-15(2)22-19(12-20(23)26)24(35)33(27)25(36)32(22)18-6-7-18/h12,17-18,21H,5-11,13-14,27H2,1-3H3,(H,29,34). The molecule has 1 amide bonds. The van der Waals surface area contributed by atoms with Crippen molar-refractivity contribution in [3.05, 3.63) is 49.7 Å². The number of aryl methyl sites for hydroxylation is 1. The zero-order valence-electron chi connectivity index (χ0n) is 21.1. The highest BCUT2D eigenvalue weighted by atomic mass is 19.1. The van der Waals surface area contributed by atoms with Crippen LogP contribution >= 0.6 is 0 Å². The predicted molar refractivity (Wildman–Crippen MR) is 137 cm³/mol. The Labute approximate surface area is 209 Å². The normalized spacial score (nSPS) is 18.6. The first-order valence-corrected chi connectivity index (χ1v) is 12.5. The third-order valence-corrected chi connectivity index (χ3v) is 7.50. The summed E-state index contributed by atoms with van der Waals surface area (Å²) in [5.74, 6) is 5.24. The van der Waals surface area contributed by atoms with E-state index in [4.69, 9.17) is 12.4 Å². The fourth-order valence-corrected chi connectivity index (χ4v) is 5.60. The molecule has 1 aliphatic carbocycles. The lowest BCUT2D eigenvalue weighted by atomic mass is 9.96. The van der Waals surface area contributed by atoms with Gasteiger partial charge < -0.3 is 20.9 Å². The summed E-state index contributed by atoms with van der Waals surface area (Å²) < 4.78 is 17.7. The van der Waals surface area contributed by atoms with E-state index in [9.17, 15) is 14.4 Å². The maximum absolute atomic E-state index is 15.5. The van der Waals surface area contributed by atoms with Crippen molar-refractivity contribution in [3.8, 4) is 0 Å². The molecule has 3 N–H and O–H groups in total. The fraction of sp³-hybridized carbons (Fsp3) is 0.600. The Morgan fingerprint density at radius 3 is 2.69 bits per heavy atom. The van der Waals surface area contributed by atoms with E-state index >= 15 is 4.39 Å². The monoisotopic (exact) mass is 499 g/mol. The molecule has 36 heavy (non-hydrogen) atoms. The number of nitrogens with one attached hydrogen (secondary N) is 1. The molecule has 194 valence electrons. The van der Waals surface area contributed by atoms with Gasteiger partial charge in [0, 0.05) is 44.2 Å². The number of amides is 1. The van der Waals surface area contributed by atoms with Gasteiger partial charge in [-0.05, 0) is 44.7 Å². The average molecular weight is 500 g/mol. The minimum Gasteiger partial charge on any atom is -0.369 e. The quantitative estimate of drug-likeness (QED) is 0.397. The van der Waals surface area contributed by atoms with Gasteiger partial charge in [0.25, 0.3) is 5.56 Å². The van der Waals surface area contributed by atoms with Gasteiger partial charge in [-0.2, -0.15) is 4.68 Å². The highest BCUT2D eigenvalue weighted by molar-refractivity contribution is 5.87. The summed E-state index contributed by atoms with van der Waals surface area (Å²) in [7, 11) is 0. The average Bonchev–Trinajstić information content (AvgIpc) is 3.57. The highest BCUT2D eigenvalue weighted by Crippen LogP contribution is 2.39. The Balaban J connectivity index is 1.72. The Morgan fingerprint density at radius 2 is 2.08 bits per heavy atom. The van der Waals surface area contributed by atoms with Crippen molar-refractivity contribution in [1.82, 2.24) is 19.5 Å². The van der Waals surface area contributed by atoms with E-state index < -0.39 is 17.1 Å². The second kappa shape index (κ2) is 10.3. The van der Waals surface area contributed by atoms with Crippen LogP contribution in [-0.4, -0.2) is 65.4 Å². The van der Waals surface area contributed by atoms with Gasteiger partial charge in [0.1, 0.15) is 5.82 Å². The molecular formula is C25H34FN7O3. The highest BCUT2D eigenvalue weighted by Gasteiger charge is 2.36. The molecule has 2 heterocycles. The van der Waals surface area contributed by atoms with Crippen molar-refractivity contribution in [3.63, 3.8) is 0 Å². The number of anilines is 1. The summed E-state index contributed by atoms with van der Waals surface area (Å²) in [4.78, 5) is 44.9. The van der Waals surface area contributed by atoms with Crippen LogP contribution in [0.3, 0.4) is 0 Å². The van der Waals surface area contributed by atoms with Crippen molar-refractivity contribution < 1.29 is 9.18 Å². The van der Waals surface area contributed by atoms with Crippen LogP contribution in [0, 0.1) is 25.2 Å². The van der Waals surface area contributed by atoms with Gasteiger partial charge in [0.05, 0.1) is 23.1 Å². The number of fused-ring (bicyclic) bond motifs is 1. The van der Waals surface area contributed by atoms with Crippen LogP contribution in [0.15, 0.2) is 15.7 Å². The molecule has 0 spiro atoms. The van der Waals surface area contributed by atoms with Crippen molar-refractivity contribution in [1.29, 1.82) is 0 Å². The first-order chi connectivity index (χ1) is 17.2. The molecule has 4 rings (SSSR count). The Morgan fingerprint density at radius 1 is 1.36 bits per heavy atom. The van der Waals surface area contributed by atoms with Gasteiger partial charge in [-0.3, -0.25) is 19.1 Å². The first-order valence-electron chi connectivity index (χ1n) is 12.5. The fourth-order valence-electron chi connectivity index (χ4n) is 5.60. The van der Waals surface area contributed by atoms with Gasteiger partial charge in [-0.15, -0.1) is 0 Å². The zero-order chi connectivity index (χ0) is 26.1. The number of carbonyl (C=O) groups is 1. The van der Waals surface area contributed by atoms with Gasteiger partial charge in [-0.1, -0.05) is 6.92 Å². The molecule has 1 aliphatic heterocycles. The van der Waals surface area contributed by atoms with E-state index in [1.807, 2.05) is 11.8 Å². The molecule has 1 aromatic carbocycles. The van der Waals surface area contributed by atoms with Crippen molar-refractivity contribution >= 4 is 22.5 Å². The third kappa shape index (κ3) is 4.69. The molecule has 2 unspecified atom stereocenters. The van der Waals surface area contributed by atoms with Crippen LogP contribution in [0.2, 0.25) is 0 Å². The minimum absolute atomic E-state index is 0.00330. The van der Waals surface area contributed by atoms with Gasteiger partial charge in [-0.25, -0.2) is 15.8 Å². The predicted octanol–water partition coefficient (Wildman–Crippen LogP) is 1.23. The molecule has 2 aliphatic rings. The Kier molecular flexibility index (Phi) is 7.36. The number of benzene rings is 1. The van der Waals surface area contributed by atoms with E-state index in [0.717, 1.165) is 25.8 Å². The molecule has 1 saturated heterocycles. The van der Waals surface area contributed by atoms with E-state index in [2.05, 4.69) is 15.1 Å². The Hall–Kier alpha value is -3.39. The molecular weight excluding hydrogens is 465 g/mol. The number of aromatic nitrogens is 2. The van der Waals surface area contributed by atoms with Crippen molar-refractivity contribution in [2.45, 2.75) is 52.1 Å². The number of nitrogens with two attached hydrogens (primary N) is 1. The maximum atomic E-state index is 15.5. The second-order valence-electron chi connectivity index (χ2n) is 9.80. The molecule has 10 nitrogen and oxygen atoms in total. The van der Waals surface area contributed by atoms with Crippen LogP contribution < -0.4 is 27.3 Å². The molecule has 2 fully saturated rings. The summed E-state index contributed by atoms with van der Waals surface area (Å²) in [6.07, 6.45) is 2.41. The van der Waals surface area contributed by atoms with Gasteiger partial charge >= 0.3 is 5.69 Å². The van der Waals surface area contributed by atoms with Crippen molar-refractivity contribution in [2.75, 3.05) is 50.0 Å². The van der Waals surface area contributed by atoms with Crippen LogP contribution in [0.4, 0.5) is 10.1 Å². The maximum Gasteiger partial charge on any atom is 0.350 e. The van der Waals surface area contributed by atoms with E-state index in [-0.39, 0.29) is 29.3 Å². The number of carbonyl (C=O) groups excluding carboxylic acids is 1. The Bertz CT molecular complexity index is 1320. The zero-order valence-corrected chi connectivity index (χ0v) is 21.1. The number of halogens is 1. The van der Waals surface area contributed by atoms with Crippen LogP contribution in [0.5, 0.6) is 0 Å². The number of nitrogens with zero attached hydrogens (tertiary/aromatic N) is 5. The minimum atomic E-state index is -0.700. The summed E-state index contributed by atoms with van der Waals surface area (Å²) in [6.45, 7) is 15.8. The molecule has 1 aromatic heterocycles. The number of rotatable bonds is 9. The summed E-state index contributed by atoms with van der Waals surface area (Å²) in [5, 5.41) is 3.03.